The lowest BCUT2D eigenvalue weighted by Crippen LogP contribution is -2.75. The molecule has 2 N–H and O–H groups in total. The van der Waals surface area contributed by atoms with E-state index in [9.17, 15) is 19.5 Å². The number of likely N-dealkylation sites (tertiary alicyclic amines) is 1. The summed E-state index contributed by atoms with van der Waals surface area (Å²) < 4.78 is 25.3. The lowest BCUT2D eigenvalue weighted by Gasteiger charge is -2.55. The molecule has 2 amide bonds. The van der Waals surface area contributed by atoms with Crippen LogP contribution in [0.15, 0.2) is 72.8 Å². The number of hydrogen-bond acceptors (Lipinski definition) is 8. The Morgan fingerprint density at radius 1 is 1.04 bits per heavy atom. The molecule has 3 saturated heterocycles. The number of nitrogens with one attached hydrogen (secondary N) is 1. The molecule has 6 rings (SSSR count). The monoisotopic (exact) mass is 702 g/mol. The highest BCUT2D eigenvalue weighted by Crippen LogP contribution is 2.60. The van der Waals surface area contributed by atoms with Crippen molar-refractivity contribution in [2.24, 2.45) is 11.8 Å². The SMILES string of the molecule is CC(C)[Si]1(C(C)C)OCC23C(=O)O[C@@H](C[C@@H](C)C(O)/C=C/C=C/CNC(=O)OCC4c5ccccc5-c5ccccc54)[C@]2(O1)[C@@H](C)C(=O)N3C. The second kappa shape index (κ2) is 13.7. The minimum atomic E-state index is -2.89. The number of ether oxygens (including phenoxy) is 2. The van der Waals surface area contributed by atoms with Gasteiger partial charge < -0.3 is 33.6 Å². The first-order chi connectivity index (χ1) is 23.8. The Morgan fingerprint density at radius 3 is 2.28 bits per heavy atom. The fourth-order valence-electron chi connectivity index (χ4n) is 8.70. The zero-order valence-corrected chi connectivity index (χ0v) is 31.1. The van der Waals surface area contributed by atoms with Crippen molar-refractivity contribution in [2.45, 2.75) is 88.3 Å². The van der Waals surface area contributed by atoms with E-state index in [0.29, 0.717) is 6.42 Å². The lowest BCUT2D eigenvalue weighted by molar-refractivity contribution is -0.158. The molecule has 0 radical (unpaired) electrons. The number of esters is 1. The average molecular weight is 703 g/mol. The molecule has 6 atom stereocenters. The van der Waals surface area contributed by atoms with Gasteiger partial charge in [-0.1, -0.05) is 114 Å². The number of aliphatic hydroxyl groups excluding tert-OH is 1. The molecule has 11 heteroatoms. The van der Waals surface area contributed by atoms with Crippen LogP contribution in [0.25, 0.3) is 11.1 Å². The molecule has 2 aromatic rings. The Hall–Kier alpha value is -3.77. The van der Waals surface area contributed by atoms with E-state index in [1.807, 2.05) is 38.1 Å². The summed E-state index contributed by atoms with van der Waals surface area (Å²) >= 11 is 0. The molecule has 50 heavy (non-hydrogen) atoms. The van der Waals surface area contributed by atoms with Gasteiger partial charge in [0.15, 0.2) is 5.54 Å². The van der Waals surface area contributed by atoms with Crippen LogP contribution in [0.3, 0.4) is 0 Å². The summed E-state index contributed by atoms with van der Waals surface area (Å²) in [7, 11) is -1.26. The number of alkyl carbamates (subject to hydrolysis) is 1. The number of carbonyl (C=O) groups excluding carboxylic acids is 3. The number of rotatable bonds is 11. The lowest BCUT2D eigenvalue weighted by atomic mass is 9.72. The smallest absolute Gasteiger partial charge is 0.407 e. The first-order valence-electron chi connectivity index (χ1n) is 17.7. The van der Waals surface area contributed by atoms with Crippen molar-refractivity contribution in [1.82, 2.24) is 10.2 Å². The van der Waals surface area contributed by atoms with Gasteiger partial charge in [-0.25, -0.2) is 9.59 Å². The van der Waals surface area contributed by atoms with Crippen LogP contribution in [-0.2, 0) is 27.9 Å². The molecular formula is C39H50N2O8Si. The van der Waals surface area contributed by atoms with E-state index in [1.165, 1.54) is 16.0 Å². The number of likely N-dealkylation sites (N-methyl/N-ethyl adjacent to an activating group) is 1. The number of carbonyl (C=O) groups is 3. The number of nitrogens with zero attached hydrogens (tertiary/aromatic N) is 1. The maximum atomic E-state index is 13.7. The third-order valence-corrected chi connectivity index (χ3v) is 16.0. The number of amides is 2. The summed E-state index contributed by atoms with van der Waals surface area (Å²) in [5.41, 5.74) is 2.25. The third-order valence-electron chi connectivity index (χ3n) is 11.5. The molecule has 0 saturated carbocycles. The molecular weight excluding hydrogens is 653 g/mol. The summed E-state index contributed by atoms with van der Waals surface area (Å²) in [5, 5.41) is 13.9. The fourth-order valence-corrected chi connectivity index (χ4v) is 12.7. The van der Waals surface area contributed by atoms with E-state index < -0.39 is 49.9 Å². The number of cyclic esters (lactones) is 1. The van der Waals surface area contributed by atoms with Crippen LogP contribution in [0.4, 0.5) is 4.79 Å². The minimum Gasteiger partial charge on any atom is -0.457 e. The van der Waals surface area contributed by atoms with Crippen LogP contribution >= 0.6 is 0 Å². The Kier molecular flexibility index (Phi) is 9.90. The molecule has 10 nitrogen and oxygen atoms in total. The van der Waals surface area contributed by atoms with E-state index in [0.717, 1.165) is 11.1 Å². The molecule has 0 bridgehead atoms. The van der Waals surface area contributed by atoms with Gasteiger partial charge in [0.1, 0.15) is 18.3 Å². The molecule has 3 aliphatic heterocycles. The highest BCUT2D eigenvalue weighted by Gasteiger charge is 2.83. The van der Waals surface area contributed by atoms with Gasteiger partial charge in [-0.3, -0.25) is 4.79 Å². The van der Waals surface area contributed by atoms with Crippen molar-refractivity contribution in [3.63, 3.8) is 0 Å². The van der Waals surface area contributed by atoms with E-state index in [4.69, 9.17) is 18.3 Å². The Labute approximate surface area is 296 Å². The highest BCUT2D eigenvalue weighted by atomic mass is 28.4. The van der Waals surface area contributed by atoms with Gasteiger partial charge in [-0.2, -0.15) is 0 Å². The molecule has 268 valence electrons. The quantitative estimate of drug-likeness (QED) is 0.170. The predicted octanol–water partition coefficient (Wildman–Crippen LogP) is 5.84. The minimum absolute atomic E-state index is 0.00908. The molecule has 3 heterocycles. The van der Waals surface area contributed by atoms with E-state index in [1.54, 1.807) is 31.4 Å². The van der Waals surface area contributed by atoms with Gasteiger partial charge in [-0.05, 0) is 45.7 Å². The van der Waals surface area contributed by atoms with Crippen LogP contribution in [0.2, 0.25) is 11.1 Å². The summed E-state index contributed by atoms with van der Waals surface area (Å²) in [6.07, 6.45) is 5.11. The molecule has 0 aromatic heterocycles. The van der Waals surface area contributed by atoms with Crippen molar-refractivity contribution >= 4 is 26.5 Å². The molecule has 1 aliphatic carbocycles. The molecule has 2 aromatic carbocycles. The first kappa shape index (κ1) is 36.0. The van der Waals surface area contributed by atoms with Gasteiger partial charge in [0.25, 0.3) is 0 Å². The number of benzene rings is 2. The zero-order chi connectivity index (χ0) is 36.0. The van der Waals surface area contributed by atoms with Crippen molar-refractivity contribution in [2.75, 3.05) is 26.8 Å². The number of fused-ring (bicyclic) bond motifs is 3. The number of allylic oxidation sites excluding steroid dienone is 2. The average Bonchev–Trinajstić information content (AvgIpc) is 3.62. The van der Waals surface area contributed by atoms with Crippen LogP contribution in [0.1, 0.15) is 65.0 Å². The molecule has 4 aliphatic rings. The Balaban J connectivity index is 1.04. The summed E-state index contributed by atoms with van der Waals surface area (Å²) in [6.45, 7) is 12.6. The normalized spacial score (nSPS) is 28.2. The van der Waals surface area contributed by atoms with Crippen LogP contribution in [0, 0.1) is 11.8 Å². The maximum Gasteiger partial charge on any atom is 0.407 e. The van der Waals surface area contributed by atoms with Gasteiger partial charge in [0, 0.05) is 19.5 Å². The number of aliphatic hydroxyl groups is 1. The second-order valence-electron chi connectivity index (χ2n) is 14.8. The number of hydrogen-bond donors (Lipinski definition) is 2. The van der Waals surface area contributed by atoms with E-state index in [-0.39, 0.29) is 48.6 Å². The van der Waals surface area contributed by atoms with Gasteiger partial charge in [0.2, 0.25) is 5.91 Å². The molecule has 0 spiro atoms. The Bertz CT molecular complexity index is 1640. The van der Waals surface area contributed by atoms with Crippen molar-refractivity contribution in [3.8, 4) is 11.1 Å². The van der Waals surface area contributed by atoms with Crippen molar-refractivity contribution in [3.05, 3.63) is 84.0 Å². The second-order valence-corrected chi connectivity index (χ2v) is 19.1. The van der Waals surface area contributed by atoms with Gasteiger partial charge >= 0.3 is 20.6 Å². The molecule has 2 unspecified atom stereocenters. The van der Waals surface area contributed by atoms with Crippen LogP contribution in [-0.4, -0.2) is 86.7 Å². The predicted molar refractivity (Wildman–Crippen MR) is 191 cm³/mol. The Morgan fingerprint density at radius 2 is 1.66 bits per heavy atom. The molecule has 3 fully saturated rings. The highest BCUT2D eigenvalue weighted by molar-refractivity contribution is 6.70. The van der Waals surface area contributed by atoms with Crippen molar-refractivity contribution < 1.29 is 37.8 Å². The van der Waals surface area contributed by atoms with Crippen LogP contribution in [0.5, 0.6) is 0 Å². The van der Waals surface area contributed by atoms with E-state index in [2.05, 4.69) is 57.3 Å². The first-order valence-corrected chi connectivity index (χ1v) is 19.7. The summed E-state index contributed by atoms with van der Waals surface area (Å²) in [5.74, 6) is -1.64. The van der Waals surface area contributed by atoms with Gasteiger partial charge in [-0.15, -0.1) is 0 Å². The van der Waals surface area contributed by atoms with E-state index >= 15 is 0 Å². The standard InChI is InChI=1S/C39H50N2O8Si/c1-24(2)50(25(3)4)47-23-38-36(44)48-34(39(38,49-50)27(6)35(43)41(38)7)21-26(5)33(42)19-9-8-14-20-40-37(45)46-22-32-30-17-12-10-15-28(30)29-16-11-13-18-31(29)32/h8-19,24-27,32-34,42H,20-23H2,1-7H3,(H,40,45)/b14-8+,19-9+/t26-,27+,33?,34+,38?,39-/m1/s1. The maximum absolute atomic E-state index is 13.7. The summed E-state index contributed by atoms with van der Waals surface area (Å²) in [6, 6.07) is 16.4. The topological polar surface area (TPSA) is 124 Å². The third kappa shape index (κ3) is 5.53. The van der Waals surface area contributed by atoms with Gasteiger partial charge in [0.05, 0.1) is 18.6 Å². The zero-order valence-electron chi connectivity index (χ0n) is 30.1. The fraction of sp³-hybridized carbons (Fsp3) is 0.513. The van der Waals surface area contributed by atoms with Crippen molar-refractivity contribution in [1.29, 1.82) is 0 Å². The van der Waals surface area contributed by atoms with Crippen LogP contribution < -0.4 is 5.32 Å². The summed E-state index contributed by atoms with van der Waals surface area (Å²) in [4.78, 5) is 41.1. The largest absolute Gasteiger partial charge is 0.457 e.